The first-order valence-electron chi connectivity index (χ1n) is 45.8. The van der Waals surface area contributed by atoms with Crippen molar-refractivity contribution in [2.24, 2.45) is 91.1 Å². The Kier molecular flexibility index (Phi) is 24.5. The van der Waals surface area contributed by atoms with Crippen LogP contribution in [-0.2, 0) is 76.1 Å². The normalized spacial score (nSPS) is 41.2. The topological polar surface area (TPSA) is 263 Å². The van der Waals surface area contributed by atoms with Gasteiger partial charge in [0.2, 0.25) is 17.4 Å². The number of aliphatic hydroxyl groups is 3. The van der Waals surface area contributed by atoms with Gasteiger partial charge in [-0.15, -0.1) is 13.2 Å². The Balaban J connectivity index is 0.000000122. The molecular formula is C103H133Br3N8O15. The smallest absolute Gasteiger partial charge is 0.226 e. The molecule has 24 atom stereocenters. The van der Waals surface area contributed by atoms with Crippen molar-refractivity contribution in [2.45, 2.75) is 246 Å². The molecule has 6 spiro atoms. The molecule has 7 aromatic rings. The van der Waals surface area contributed by atoms with Crippen LogP contribution in [0.15, 0.2) is 159 Å². The zero-order valence-corrected chi connectivity index (χ0v) is 78.5. The lowest BCUT2D eigenvalue weighted by atomic mass is 9.39. The highest BCUT2D eigenvalue weighted by Crippen LogP contribution is 2.78. The molecule has 6 N–H and O–H groups in total. The summed E-state index contributed by atoms with van der Waals surface area (Å²) in [5.41, 5.74) is 16.5. The van der Waals surface area contributed by atoms with E-state index in [-0.39, 0.29) is 113 Å². The van der Waals surface area contributed by atoms with E-state index >= 15 is 0 Å². The number of anilines is 1. The molecule has 15 fully saturated rings. The molecule has 696 valence electrons. The van der Waals surface area contributed by atoms with E-state index in [1.54, 1.807) is 0 Å². The van der Waals surface area contributed by atoms with Crippen LogP contribution in [-0.4, -0.2) is 158 Å². The standard InChI is InChI=1S/C31H37BrN2O5.C31H38N2O5.C30H35BrN2O5.C6H7BrN2.C2H4.3CH4/c1-27-13-19-15-34(22-7-5-21(32)6-8-22)33-25(19)12-20(27)4-9-24-23-10-11-30(28(23,2)14-26(35)29(24,27)3)31(39-18-37-30)16-36-17-38-31;1-19-4-7-22(8-5-19)33-25-12-21-6-9-23-24-10-11-30(31(38-18-36-30)16-35-17-37-31)29(24,3)14-26(34)27(23)28(21,2)13-20(25)15-32-33;1-27-12-18-14-32-33(21-6-4-20(31)5-7-21)24(18)11-19(27)3-8-22-23-9-10-29(28(23,2)13-25(34)26(22)27)30(38-17-36-29)15-35-16-37-30;7-5-1-3-6(9-8)4-2-5;1-2;;;/h5-8,12,15,23-24,26,35H,4,9-11,13-14,16-18H2,1-3H3;4-5,7-8,12,15,23-24,26-27,34H,6,9-11,13-14,16-18H2,1-3H3;4-7,11,14,22-23,25-26,34H,3,8-10,12-13,15-17H2,1-2H3;1-4,9H,8H2;1-2H2;3*1H4/t23-,24-,26-,27-,28-,29+,30+,31?;23-,24-,26-,27+,28-,29-,30+,31?;22-,23-,25-,26+,27-,28-,29+,30?;;;;;/m000...../s1. The molecule has 0 bridgehead atoms. The van der Waals surface area contributed by atoms with Gasteiger partial charge in [0.1, 0.15) is 36.6 Å². The summed E-state index contributed by atoms with van der Waals surface area (Å²) in [6.45, 7) is 27.3. The van der Waals surface area contributed by atoms with Gasteiger partial charge in [0.25, 0.3) is 0 Å². The summed E-state index contributed by atoms with van der Waals surface area (Å²) < 4.78 is 82.9. The average molecular weight is 1960 g/mol. The van der Waals surface area contributed by atoms with Crippen LogP contribution in [0.4, 0.5) is 5.69 Å². The first-order valence-corrected chi connectivity index (χ1v) is 48.2. The van der Waals surface area contributed by atoms with Crippen LogP contribution in [0.1, 0.15) is 206 Å². The Bertz CT molecular complexity index is 5200. The summed E-state index contributed by atoms with van der Waals surface area (Å²) in [4.78, 5) is 0. The highest BCUT2D eigenvalue weighted by Gasteiger charge is 2.81. The quantitative estimate of drug-likeness (QED) is 0.0623. The molecule has 9 saturated carbocycles. The second-order valence-electron chi connectivity index (χ2n) is 41.2. The molecule has 6 saturated heterocycles. The largest absolute Gasteiger partial charge is 0.393 e. The average Bonchev–Trinajstić information content (AvgIpc) is 1.49. The van der Waals surface area contributed by atoms with Gasteiger partial charge >= 0.3 is 0 Å². The van der Waals surface area contributed by atoms with Crippen molar-refractivity contribution in [3.05, 3.63) is 198 Å². The van der Waals surface area contributed by atoms with Crippen molar-refractivity contribution < 1.29 is 72.2 Å². The Morgan fingerprint density at radius 3 is 1.29 bits per heavy atom. The molecule has 129 heavy (non-hydrogen) atoms. The first kappa shape index (κ1) is 93.5. The van der Waals surface area contributed by atoms with Crippen molar-refractivity contribution in [3.63, 3.8) is 0 Å². The Hall–Kier alpha value is -5.93. The van der Waals surface area contributed by atoms with E-state index in [1.807, 2.05) is 41.3 Å². The minimum absolute atomic E-state index is 0. The fourth-order valence-electron chi connectivity index (χ4n) is 30.7. The van der Waals surface area contributed by atoms with E-state index < -0.39 is 52.5 Å². The molecular weight excluding hydrogens is 1830 g/mol. The number of aliphatic hydroxyl groups excluding tert-OH is 3. The number of hydrazine groups is 1. The number of rotatable bonds is 4. The third kappa shape index (κ3) is 13.4. The fourth-order valence-corrected chi connectivity index (χ4v) is 31.5. The minimum atomic E-state index is -0.866. The van der Waals surface area contributed by atoms with Gasteiger partial charge in [0.05, 0.1) is 64.8 Å². The van der Waals surface area contributed by atoms with Crippen LogP contribution in [0.5, 0.6) is 0 Å². The zero-order chi connectivity index (χ0) is 87.4. The Morgan fingerprint density at radius 2 is 0.853 bits per heavy atom. The van der Waals surface area contributed by atoms with Crippen LogP contribution in [0.3, 0.4) is 0 Å². The number of allylic oxidation sites excluding steroid dienone is 3. The van der Waals surface area contributed by atoms with Crippen molar-refractivity contribution in [2.75, 3.05) is 66.0 Å². The lowest BCUT2D eigenvalue weighted by molar-refractivity contribution is -0.268. The molecule has 6 aliphatic heterocycles. The lowest BCUT2D eigenvalue weighted by Crippen LogP contribution is -2.69. The highest BCUT2D eigenvalue weighted by molar-refractivity contribution is 9.11. The van der Waals surface area contributed by atoms with Gasteiger partial charge in [-0.3, -0.25) is 5.84 Å². The van der Waals surface area contributed by atoms with Crippen LogP contribution >= 0.6 is 47.8 Å². The predicted octanol–water partition coefficient (Wildman–Crippen LogP) is 20.1. The van der Waals surface area contributed by atoms with Crippen LogP contribution < -0.4 is 11.3 Å². The Morgan fingerprint density at radius 1 is 0.450 bits per heavy atom. The van der Waals surface area contributed by atoms with E-state index in [2.05, 4.69) is 228 Å². The van der Waals surface area contributed by atoms with Crippen molar-refractivity contribution in [3.8, 4) is 17.1 Å². The number of nitrogens with zero attached hydrogens (tertiary/aromatic N) is 6. The monoisotopic (exact) mass is 1960 g/mol. The first-order chi connectivity index (χ1) is 60.6. The molecule has 23 nitrogen and oxygen atoms in total. The third-order valence-corrected chi connectivity index (χ3v) is 38.2. The number of benzene rings is 4. The maximum Gasteiger partial charge on any atom is 0.226 e. The number of nitrogens with one attached hydrogen (secondary N) is 1. The number of hydrogen-bond acceptors (Lipinski definition) is 20. The molecule has 3 unspecified atom stereocenters. The van der Waals surface area contributed by atoms with E-state index in [0.717, 1.165) is 138 Å². The molecule has 18 aliphatic rings. The number of aryl methyl sites for hydroxylation is 1. The molecule has 0 amide bonds. The summed E-state index contributed by atoms with van der Waals surface area (Å²) >= 11 is 10.4. The molecule has 26 heteroatoms. The van der Waals surface area contributed by atoms with Gasteiger partial charge in [-0.1, -0.05) is 153 Å². The summed E-state index contributed by atoms with van der Waals surface area (Å²) in [6.07, 6.45) is 29.1. The van der Waals surface area contributed by atoms with Gasteiger partial charge < -0.3 is 77.6 Å². The van der Waals surface area contributed by atoms with Gasteiger partial charge in [0, 0.05) is 52.4 Å². The molecule has 9 heterocycles. The minimum Gasteiger partial charge on any atom is -0.393 e. The third-order valence-electron chi connectivity index (χ3n) is 36.6. The van der Waals surface area contributed by atoms with Crippen LogP contribution in [0.2, 0.25) is 0 Å². The number of halogens is 3. The molecule has 12 aliphatic carbocycles. The van der Waals surface area contributed by atoms with Crippen LogP contribution in [0.25, 0.3) is 35.3 Å². The Labute approximate surface area is 786 Å². The lowest BCUT2D eigenvalue weighted by Gasteiger charge is -2.67. The summed E-state index contributed by atoms with van der Waals surface area (Å²) in [7, 11) is 0. The molecule has 0 radical (unpaired) electrons. The van der Waals surface area contributed by atoms with Gasteiger partial charge in [-0.05, 0) is 301 Å². The summed E-state index contributed by atoms with van der Waals surface area (Å²) in [5.74, 6) is 5.54. The van der Waals surface area contributed by atoms with E-state index in [9.17, 15) is 15.3 Å². The number of aromatic nitrogens is 6. The second-order valence-corrected chi connectivity index (χ2v) is 43.9. The van der Waals surface area contributed by atoms with Crippen molar-refractivity contribution in [1.82, 2.24) is 29.3 Å². The van der Waals surface area contributed by atoms with Crippen molar-refractivity contribution >= 4 is 71.7 Å². The number of nitrogen functional groups attached to an aromatic ring is 1. The second kappa shape index (κ2) is 33.8. The summed E-state index contributed by atoms with van der Waals surface area (Å²) in [5, 5.41) is 51.0. The molecule has 4 aromatic carbocycles. The van der Waals surface area contributed by atoms with E-state index in [1.165, 1.54) is 50.4 Å². The predicted molar refractivity (Wildman–Crippen MR) is 504 cm³/mol. The number of ether oxygens (including phenoxy) is 12. The number of fused-ring (bicyclic) bond motifs is 24. The van der Waals surface area contributed by atoms with E-state index in [4.69, 9.17) is 78.0 Å². The van der Waals surface area contributed by atoms with Gasteiger partial charge in [-0.25, -0.2) is 14.0 Å². The zero-order valence-electron chi connectivity index (χ0n) is 73.7. The number of nitrogens with two attached hydrogens (primary N) is 1. The fraction of sp³-hybridized carbons (Fsp3) is 0.602. The highest BCUT2D eigenvalue weighted by atomic mass is 79.9. The van der Waals surface area contributed by atoms with Crippen molar-refractivity contribution in [1.29, 1.82) is 0 Å². The van der Waals surface area contributed by atoms with Gasteiger partial charge in [-0.2, -0.15) is 15.3 Å². The summed E-state index contributed by atoms with van der Waals surface area (Å²) in [6, 6.07) is 32.8. The maximum atomic E-state index is 12.3. The van der Waals surface area contributed by atoms with Crippen LogP contribution in [0, 0.1) is 92.2 Å². The van der Waals surface area contributed by atoms with E-state index in [0.29, 0.717) is 74.6 Å². The SMILES string of the molecule is C.C.C.C=C.C[C@]12Cc3cnn(-c4ccc(Br)cc4)c3C=C1CC[C@@H]1[C@@H]2[C@@H](O)C[C@@]2(C)[C@H]1CC[C@@]21OCOC12COCO2.C[C@]12[C@@H](O)C[C@@]3(C)[C@@H](CC[C@@]34OCOC43COCO3)[C@@H]1CCC1=Cc3nn(-c4ccc(Br)cc4)cc3C[C@@]12C.Cc1ccc(-n2ncc3c2C=C2CC[C@@H]4[C@H]([C@@H](O)C[C@@]5(C)[C@H]4CC[C@@]54OCOC45COCO5)[C@@]2(C)C3)cc1.NNc1ccc(Br)cc1. The number of hydrogen-bond donors (Lipinski definition) is 5. The molecule has 3 aromatic heterocycles. The molecule has 25 rings (SSSR count). The maximum absolute atomic E-state index is 12.3. The van der Waals surface area contributed by atoms with Gasteiger partial charge in [0.15, 0.2) is 40.8 Å².